The summed E-state index contributed by atoms with van der Waals surface area (Å²) in [4.78, 5) is 0. The predicted molar refractivity (Wildman–Crippen MR) is 88.0 cm³/mol. The monoisotopic (exact) mass is 382 g/mol. The summed E-state index contributed by atoms with van der Waals surface area (Å²) in [7, 11) is -8.02. The van der Waals surface area contributed by atoms with Crippen LogP contribution in [0.5, 0.6) is 5.75 Å². The molecule has 0 aliphatic rings. The van der Waals surface area contributed by atoms with E-state index in [0.29, 0.717) is 5.75 Å². The topological polar surface area (TPSA) is 120 Å². The molecule has 2 N–H and O–H groups in total. The van der Waals surface area contributed by atoms with Gasteiger partial charge in [-0.2, -0.15) is 26.3 Å². The van der Waals surface area contributed by atoms with E-state index in [-0.39, 0.29) is 19.7 Å². The summed E-state index contributed by atoms with van der Waals surface area (Å²) in [6.07, 6.45) is -1.15. The normalized spacial score (nSPS) is 13.6. The third-order valence-electron chi connectivity index (χ3n) is 2.49. The third-order valence-corrected chi connectivity index (χ3v) is 4.75. The Morgan fingerprint density at radius 2 is 1.50 bits per heavy atom. The van der Waals surface area contributed by atoms with Gasteiger partial charge in [-0.3, -0.25) is 4.18 Å². The molecule has 0 aromatic heterocycles. The molecule has 0 fully saturated rings. The molecule has 11 heteroatoms. The molecule has 138 valence electrons. The van der Waals surface area contributed by atoms with Crippen molar-refractivity contribution in [1.29, 1.82) is 0 Å². The lowest BCUT2D eigenvalue weighted by Gasteiger charge is -2.18. The van der Waals surface area contributed by atoms with Crippen molar-refractivity contribution in [2.24, 2.45) is 0 Å². The van der Waals surface area contributed by atoms with E-state index in [1.54, 1.807) is 44.2 Å². The van der Waals surface area contributed by atoms with Gasteiger partial charge < -0.3 is 4.74 Å². The first-order valence-electron chi connectivity index (χ1n) is 7.27. The summed E-state index contributed by atoms with van der Waals surface area (Å²) in [5.74, 6) is 0.487. The van der Waals surface area contributed by atoms with Gasteiger partial charge in [-0.25, -0.2) is 4.18 Å². The van der Waals surface area contributed by atoms with Gasteiger partial charge in [-0.05, 0) is 12.1 Å². The summed E-state index contributed by atoms with van der Waals surface area (Å²) in [5.41, 5.74) is 0. The van der Waals surface area contributed by atoms with Crippen LogP contribution in [-0.4, -0.2) is 49.2 Å². The number of rotatable bonds is 12. The largest absolute Gasteiger partial charge is 0.491 e. The highest BCUT2D eigenvalue weighted by Crippen LogP contribution is 2.10. The molecule has 1 rings (SSSR count). The Bertz CT molecular complexity index is 678. The van der Waals surface area contributed by atoms with E-state index in [1.807, 2.05) is 0 Å². The Morgan fingerprint density at radius 1 is 0.917 bits per heavy atom. The first-order valence-corrected chi connectivity index (χ1v) is 10.1. The highest BCUT2D eigenvalue weighted by atomic mass is 32.2. The lowest BCUT2D eigenvalue weighted by Crippen LogP contribution is -2.37. The third kappa shape index (κ3) is 8.57. The van der Waals surface area contributed by atoms with Crippen molar-refractivity contribution in [1.82, 2.24) is 9.44 Å². The summed E-state index contributed by atoms with van der Waals surface area (Å²) >= 11 is 0. The minimum atomic E-state index is -4.04. The second-order valence-electron chi connectivity index (χ2n) is 4.53. The van der Waals surface area contributed by atoms with E-state index >= 15 is 0 Å². The average Bonchev–Trinajstić information content (AvgIpc) is 2.51. The molecule has 0 saturated heterocycles. The van der Waals surface area contributed by atoms with Crippen molar-refractivity contribution >= 4 is 20.6 Å². The highest BCUT2D eigenvalue weighted by molar-refractivity contribution is 7.85. The molecular weight excluding hydrogens is 360 g/mol. The lowest BCUT2D eigenvalue weighted by atomic mass is 10.3. The van der Waals surface area contributed by atoms with E-state index < -0.39 is 33.3 Å². The molecule has 0 bridgehead atoms. The fourth-order valence-electron chi connectivity index (χ4n) is 1.58. The van der Waals surface area contributed by atoms with Crippen molar-refractivity contribution < 1.29 is 29.9 Å². The Kier molecular flexibility index (Phi) is 8.59. The van der Waals surface area contributed by atoms with Crippen LogP contribution >= 0.6 is 0 Å². The molecule has 1 unspecified atom stereocenters. The standard InChI is InChI=1S/C13H22N2O7S2/c1-3-14-23(16,17)21-11-13(22-24(18,19)15-4-2)10-20-12-8-6-5-7-9-12/h5-9,13-15H,3-4,10-11H2,1-2H3. The Morgan fingerprint density at radius 3 is 2.08 bits per heavy atom. The smallest absolute Gasteiger partial charge is 0.336 e. The maximum Gasteiger partial charge on any atom is 0.336 e. The van der Waals surface area contributed by atoms with Gasteiger partial charge in [0.15, 0.2) is 0 Å². The molecule has 1 aromatic carbocycles. The van der Waals surface area contributed by atoms with Crippen LogP contribution in [0.25, 0.3) is 0 Å². The van der Waals surface area contributed by atoms with Crippen LogP contribution in [0.1, 0.15) is 13.8 Å². The first-order chi connectivity index (χ1) is 11.3. The van der Waals surface area contributed by atoms with Crippen LogP contribution < -0.4 is 14.2 Å². The van der Waals surface area contributed by atoms with E-state index in [0.717, 1.165) is 0 Å². The SMILES string of the molecule is CCNS(=O)(=O)OCC(COc1ccccc1)OS(=O)(=O)NCC. The van der Waals surface area contributed by atoms with Gasteiger partial charge in [0.05, 0.1) is 6.61 Å². The molecule has 0 aliphatic carbocycles. The van der Waals surface area contributed by atoms with Gasteiger partial charge in [0, 0.05) is 13.1 Å². The number of para-hydroxylation sites is 1. The van der Waals surface area contributed by atoms with E-state index in [1.165, 1.54) is 0 Å². The number of hydrogen-bond donors (Lipinski definition) is 2. The Balaban J connectivity index is 2.71. The second-order valence-corrected chi connectivity index (χ2v) is 7.35. The zero-order valence-corrected chi connectivity index (χ0v) is 15.1. The van der Waals surface area contributed by atoms with Crippen molar-refractivity contribution in [3.05, 3.63) is 30.3 Å². The van der Waals surface area contributed by atoms with E-state index in [2.05, 4.69) is 9.44 Å². The molecular formula is C13H22N2O7S2. The highest BCUT2D eigenvalue weighted by Gasteiger charge is 2.23. The maximum atomic E-state index is 11.7. The van der Waals surface area contributed by atoms with Crippen LogP contribution in [0.4, 0.5) is 0 Å². The minimum absolute atomic E-state index is 0.130. The molecule has 0 saturated carbocycles. The fourth-order valence-corrected chi connectivity index (χ4v) is 3.24. The van der Waals surface area contributed by atoms with Crippen LogP contribution in [0.3, 0.4) is 0 Å². The summed E-state index contributed by atoms with van der Waals surface area (Å²) in [6.45, 7) is 2.71. The average molecular weight is 382 g/mol. The van der Waals surface area contributed by atoms with Crippen molar-refractivity contribution in [2.45, 2.75) is 20.0 Å². The Labute approximate surface area is 142 Å². The molecule has 0 amide bonds. The van der Waals surface area contributed by atoms with Crippen molar-refractivity contribution in [3.8, 4) is 5.75 Å². The molecule has 9 nitrogen and oxygen atoms in total. The van der Waals surface area contributed by atoms with Gasteiger partial charge in [0.25, 0.3) is 0 Å². The number of benzene rings is 1. The van der Waals surface area contributed by atoms with Crippen LogP contribution in [0.2, 0.25) is 0 Å². The lowest BCUT2D eigenvalue weighted by molar-refractivity contribution is 0.0863. The van der Waals surface area contributed by atoms with Crippen LogP contribution in [-0.2, 0) is 29.0 Å². The minimum Gasteiger partial charge on any atom is -0.491 e. The van der Waals surface area contributed by atoms with Gasteiger partial charge in [-0.15, -0.1) is 0 Å². The number of nitrogens with one attached hydrogen (secondary N) is 2. The van der Waals surface area contributed by atoms with Gasteiger partial charge in [0.1, 0.15) is 18.5 Å². The summed E-state index contributed by atoms with van der Waals surface area (Å²) in [6, 6.07) is 8.63. The predicted octanol–water partition coefficient (Wildman–Crippen LogP) is 0.176. The number of hydrogen-bond acceptors (Lipinski definition) is 7. The van der Waals surface area contributed by atoms with Crippen molar-refractivity contribution in [3.63, 3.8) is 0 Å². The second kappa shape index (κ2) is 9.91. The number of ether oxygens (including phenoxy) is 1. The van der Waals surface area contributed by atoms with Crippen molar-refractivity contribution in [2.75, 3.05) is 26.3 Å². The van der Waals surface area contributed by atoms with E-state index in [9.17, 15) is 16.8 Å². The first kappa shape index (κ1) is 20.8. The molecule has 0 radical (unpaired) electrons. The summed E-state index contributed by atoms with van der Waals surface area (Å²) < 4.78 is 65.7. The van der Waals surface area contributed by atoms with Gasteiger partial charge >= 0.3 is 20.6 Å². The van der Waals surface area contributed by atoms with Crippen LogP contribution in [0, 0.1) is 0 Å². The fraction of sp³-hybridized carbons (Fsp3) is 0.538. The maximum absolute atomic E-state index is 11.7. The van der Waals surface area contributed by atoms with Crippen LogP contribution in [0.15, 0.2) is 30.3 Å². The zero-order chi connectivity index (χ0) is 18.1. The van der Waals surface area contributed by atoms with E-state index in [4.69, 9.17) is 13.1 Å². The molecule has 0 spiro atoms. The molecule has 1 atom stereocenters. The quantitative estimate of drug-likeness (QED) is 0.529. The summed E-state index contributed by atoms with van der Waals surface area (Å²) in [5, 5.41) is 0. The zero-order valence-electron chi connectivity index (χ0n) is 13.5. The Hall–Kier alpha value is -1.24. The molecule has 24 heavy (non-hydrogen) atoms. The van der Waals surface area contributed by atoms with Gasteiger partial charge in [-0.1, -0.05) is 32.0 Å². The van der Waals surface area contributed by atoms with Gasteiger partial charge in [0.2, 0.25) is 0 Å². The molecule has 0 heterocycles. The molecule has 0 aliphatic heterocycles. The molecule has 1 aromatic rings.